The van der Waals surface area contributed by atoms with Gasteiger partial charge in [-0.3, -0.25) is 0 Å². The Labute approximate surface area is 171 Å². The molecule has 3 atom stereocenters. The van der Waals surface area contributed by atoms with E-state index >= 15 is 0 Å². The maximum Gasteiger partial charge on any atom is 0.319 e. The molecule has 1 aromatic heterocycles. The van der Waals surface area contributed by atoms with Gasteiger partial charge in [0.25, 0.3) is 0 Å². The molecule has 0 spiro atoms. The molecule has 0 radical (unpaired) electrons. The number of carbonyl (C=O) groups is 1. The Balaban J connectivity index is 1.64. The zero-order chi connectivity index (χ0) is 20.1. The molecular formula is C21H30N4O2S. The van der Waals surface area contributed by atoms with Gasteiger partial charge in [0.2, 0.25) is 0 Å². The van der Waals surface area contributed by atoms with Gasteiger partial charge < -0.3 is 25.2 Å². The molecule has 1 aromatic carbocycles. The Morgan fingerprint density at radius 1 is 1.21 bits per heavy atom. The topological polar surface area (TPSA) is 56.8 Å². The van der Waals surface area contributed by atoms with Gasteiger partial charge in [-0.1, -0.05) is 18.2 Å². The fourth-order valence-electron chi connectivity index (χ4n) is 3.60. The summed E-state index contributed by atoms with van der Waals surface area (Å²) >= 11 is 1.70. The fraction of sp³-hybridized carbons (Fsp3) is 0.476. The predicted molar refractivity (Wildman–Crippen MR) is 116 cm³/mol. The van der Waals surface area contributed by atoms with Crippen molar-refractivity contribution in [2.45, 2.75) is 32.1 Å². The number of nitrogens with zero attached hydrogens (tertiary/aromatic N) is 2. The largest absolute Gasteiger partial charge is 0.372 e. The van der Waals surface area contributed by atoms with Crippen LogP contribution in [0.3, 0.4) is 0 Å². The molecule has 152 valence electrons. The molecule has 1 aliphatic rings. The maximum absolute atomic E-state index is 12.6. The lowest BCUT2D eigenvalue weighted by atomic mass is 10.1. The van der Waals surface area contributed by atoms with Crippen molar-refractivity contribution < 1.29 is 9.53 Å². The molecule has 0 saturated carbocycles. The average molecular weight is 403 g/mol. The molecule has 3 rings (SSSR count). The first-order valence-corrected chi connectivity index (χ1v) is 10.6. The van der Waals surface area contributed by atoms with E-state index in [0.717, 1.165) is 24.5 Å². The van der Waals surface area contributed by atoms with Gasteiger partial charge in [0.15, 0.2) is 0 Å². The highest BCUT2D eigenvalue weighted by molar-refractivity contribution is 7.10. The van der Waals surface area contributed by atoms with Crippen LogP contribution in [0.4, 0.5) is 16.2 Å². The maximum atomic E-state index is 12.6. The third-order valence-corrected chi connectivity index (χ3v) is 5.84. The van der Waals surface area contributed by atoms with Gasteiger partial charge in [0.05, 0.1) is 29.6 Å². The number of para-hydroxylation sites is 2. The molecule has 0 bridgehead atoms. The summed E-state index contributed by atoms with van der Waals surface area (Å²) in [6.07, 6.45) is 0.328. The van der Waals surface area contributed by atoms with Crippen molar-refractivity contribution in [3.63, 3.8) is 0 Å². The number of hydrogen-bond donors (Lipinski definition) is 2. The number of likely N-dealkylation sites (N-methyl/N-ethyl adjacent to an activating group) is 1. The lowest BCUT2D eigenvalue weighted by Crippen LogP contribution is -2.46. The van der Waals surface area contributed by atoms with Crippen LogP contribution in [-0.4, -0.2) is 56.9 Å². The highest BCUT2D eigenvalue weighted by Crippen LogP contribution is 2.28. The number of urea groups is 1. The van der Waals surface area contributed by atoms with E-state index in [-0.39, 0.29) is 24.3 Å². The minimum Gasteiger partial charge on any atom is -0.372 e. The molecule has 2 N–H and O–H groups in total. The number of morpholine rings is 1. The molecule has 6 nitrogen and oxygen atoms in total. The van der Waals surface area contributed by atoms with E-state index in [1.807, 2.05) is 38.4 Å². The third kappa shape index (κ3) is 5.25. The lowest BCUT2D eigenvalue weighted by Gasteiger charge is -2.37. The van der Waals surface area contributed by atoms with Crippen LogP contribution in [0, 0.1) is 0 Å². The lowest BCUT2D eigenvalue weighted by molar-refractivity contribution is -0.00517. The molecule has 7 heteroatoms. The van der Waals surface area contributed by atoms with Gasteiger partial charge in [0, 0.05) is 24.5 Å². The van der Waals surface area contributed by atoms with E-state index in [1.165, 1.54) is 4.88 Å². The zero-order valence-electron chi connectivity index (χ0n) is 17.0. The molecule has 2 aromatic rings. The van der Waals surface area contributed by atoms with Crippen molar-refractivity contribution in [2.75, 3.05) is 43.9 Å². The van der Waals surface area contributed by atoms with E-state index in [1.54, 1.807) is 11.3 Å². The van der Waals surface area contributed by atoms with Crippen molar-refractivity contribution in [1.29, 1.82) is 0 Å². The Bertz CT molecular complexity index is 756. The highest BCUT2D eigenvalue weighted by atomic mass is 32.1. The quantitative estimate of drug-likeness (QED) is 0.772. The van der Waals surface area contributed by atoms with Crippen LogP contribution in [0.2, 0.25) is 0 Å². The number of anilines is 2. The Morgan fingerprint density at radius 3 is 2.57 bits per heavy atom. The molecular weight excluding hydrogens is 372 g/mol. The van der Waals surface area contributed by atoms with Gasteiger partial charge >= 0.3 is 6.03 Å². The van der Waals surface area contributed by atoms with Crippen molar-refractivity contribution >= 4 is 28.7 Å². The second-order valence-corrected chi connectivity index (χ2v) is 8.49. The van der Waals surface area contributed by atoms with Crippen LogP contribution in [0.5, 0.6) is 0 Å². The second-order valence-electron chi connectivity index (χ2n) is 7.51. The average Bonchev–Trinajstić information content (AvgIpc) is 3.15. The number of carbonyl (C=O) groups excluding carboxylic acids is 1. The molecule has 1 aliphatic heterocycles. The van der Waals surface area contributed by atoms with Crippen LogP contribution in [0.1, 0.15) is 24.8 Å². The number of amides is 2. The first-order chi connectivity index (χ1) is 13.4. The van der Waals surface area contributed by atoms with Crippen LogP contribution in [0.15, 0.2) is 41.8 Å². The second kappa shape index (κ2) is 9.41. The summed E-state index contributed by atoms with van der Waals surface area (Å²) in [5, 5.41) is 8.11. The number of rotatable bonds is 6. The number of ether oxygens (including phenoxy) is 1. The third-order valence-electron chi connectivity index (χ3n) is 4.86. The van der Waals surface area contributed by atoms with Crippen LogP contribution in [-0.2, 0) is 4.74 Å². The van der Waals surface area contributed by atoms with Gasteiger partial charge in [-0.25, -0.2) is 4.79 Å². The van der Waals surface area contributed by atoms with Crippen molar-refractivity contribution in [1.82, 2.24) is 10.2 Å². The summed E-state index contributed by atoms with van der Waals surface area (Å²) in [6.45, 7) is 6.33. The summed E-state index contributed by atoms with van der Waals surface area (Å²) < 4.78 is 5.84. The van der Waals surface area contributed by atoms with Crippen LogP contribution in [0.25, 0.3) is 0 Å². The SMILES string of the molecule is C[C@@H]1CN(c2ccccc2NC(=O)NC[C@@H](c2cccs2)N(C)C)C[C@H](C)O1. The van der Waals surface area contributed by atoms with Gasteiger partial charge in [-0.05, 0) is 51.5 Å². The standard InChI is InChI=1S/C21H30N4O2S/c1-15-13-25(14-16(2)27-15)18-9-6-5-8-17(18)23-21(26)22-12-19(24(3)4)20-10-7-11-28-20/h5-11,15-16,19H,12-14H2,1-4H3,(H2,22,23,26)/t15-,16+,19-/m0/s1. The molecule has 0 aliphatic carbocycles. The summed E-state index contributed by atoms with van der Waals surface area (Å²) in [7, 11) is 4.06. The molecule has 2 heterocycles. The monoisotopic (exact) mass is 402 g/mol. The molecule has 28 heavy (non-hydrogen) atoms. The number of hydrogen-bond acceptors (Lipinski definition) is 5. The van der Waals surface area contributed by atoms with Gasteiger partial charge in [0.1, 0.15) is 0 Å². The number of benzene rings is 1. The Hall–Kier alpha value is -2.09. The van der Waals surface area contributed by atoms with E-state index in [9.17, 15) is 4.79 Å². The highest BCUT2D eigenvalue weighted by Gasteiger charge is 2.24. The first kappa shape index (κ1) is 20.6. The van der Waals surface area contributed by atoms with E-state index in [4.69, 9.17) is 4.74 Å². The van der Waals surface area contributed by atoms with E-state index < -0.39 is 0 Å². The summed E-state index contributed by atoms with van der Waals surface area (Å²) in [4.78, 5) is 18.2. The Morgan fingerprint density at radius 2 is 1.93 bits per heavy atom. The van der Waals surface area contributed by atoms with E-state index in [0.29, 0.717) is 6.54 Å². The summed E-state index contributed by atoms with van der Waals surface area (Å²) in [5.74, 6) is 0. The summed E-state index contributed by atoms with van der Waals surface area (Å²) in [6, 6.07) is 12.1. The fourth-order valence-corrected chi connectivity index (χ4v) is 4.53. The minimum atomic E-state index is -0.190. The molecule has 0 unspecified atom stereocenters. The number of thiophene rings is 1. The smallest absolute Gasteiger partial charge is 0.319 e. The number of nitrogens with one attached hydrogen (secondary N) is 2. The Kier molecular flexibility index (Phi) is 6.93. The molecule has 1 saturated heterocycles. The zero-order valence-corrected chi connectivity index (χ0v) is 17.8. The predicted octanol–water partition coefficient (Wildman–Crippen LogP) is 3.79. The van der Waals surface area contributed by atoms with Gasteiger partial charge in [-0.2, -0.15) is 0 Å². The first-order valence-electron chi connectivity index (χ1n) is 9.68. The summed E-state index contributed by atoms with van der Waals surface area (Å²) in [5.41, 5.74) is 1.85. The molecule has 2 amide bonds. The minimum absolute atomic E-state index is 0.155. The van der Waals surface area contributed by atoms with Gasteiger partial charge in [-0.15, -0.1) is 11.3 Å². The van der Waals surface area contributed by atoms with Crippen LogP contribution >= 0.6 is 11.3 Å². The van der Waals surface area contributed by atoms with Crippen LogP contribution < -0.4 is 15.5 Å². The van der Waals surface area contributed by atoms with Crippen molar-refractivity contribution in [2.24, 2.45) is 0 Å². The van der Waals surface area contributed by atoms with E-state index in [2.05, 4.69) is 51.8 Å². The normalized spacial score (nSPS) is 20.8. The van der Waals surface area contributed by atoms with Crippen molar-refractivity contribution in [3.8, 4) is 0 Å². The van der Waals surface area contributed by atoms with Crippen molar-refractivity contribution in [3.05, 3.63) is 46.7 Å². The molecule has 1 fully saturated rings.